The number of halogens is 1. The topological polar surface area (TPSA) is 131 Å². The number of aromatic nitrogens is 1. The van der Waals surface area contributed by atoms with Crippen molar-refractivity contribution in [3.8, 4) is 0 Å². The standard InChI is InChI=1S/C22H28FN5O3S/c1-2-5-16(21(30)26-15-6-3-4-7-15)28(12-13-8-10-14(23)11-9-13)22(31)19-17(24)18(20(25)29)27-32-19/h8-11,15-16H,2-7,12,24H2,1H3,(H2,25,29)(H,26,30)/t16-/m1/s1. The largest absolute Gasteiger partial charge is 0.395 e. The molecule has 10 heteroatoms. The summed E-state index contributed by atoms with van der Waals surface area (Å²) < 4.78 is 17.3. The molecule has 1 aliphatic rings. The predicted molar refractivity (Wildman–Crippen MR) is 120 cm³/mol. The molecule has 3 amide bonds. The van der Waals surface area contributed by atoms with Gasteiger partial charge in [-0.2, -0.15) is 4.37 Å². The molecule has 0 saturated heterocycles. The van der Waals surface area contributed by atoms with Crippen LogP contribution in [0, 0.1) is 5.82 Å². The maximum absolute atomic E-state index is 13.5. The van der Waals surface area contributed by atoms with Crippen molar-refractivity contribution < 1.29 is 18.8 Å². The van der Waals surface area contributed by atoms with E-state index < -0.39 is 23.7 Å². The quantitative estimate of drug-likeness (QED) is 0.528. The average Bonchev–Trinajstić information content (AvgIpc) is 3.41. The van der Waals surface area contributed by atoms with Gasteiger partial charge in [-0.1, -0.05) is 38.3 Å². The number of primary amides is 1. The second-order valence-corrected chi connectivity index (χ2v) is 8.77. The molecule has 1 heterocycles. The van der Waals surface area contributed by atoms with Crippen LogP contribution in [-0.2, 0) is 11.3 Å². The summed E-state index contributed by atoms with van der Waals surface area (Å²) >= 11 is 0.775. The Morgan fingerprint density at radius 1 is 1.25 bits per heavy atom. The van der Waals surface area contributed by atoms with Crippen molar-refractivity contribution in [3.63, 3.8) is 0 Å². The summed E-state index contributed by atoms with van der Waals surface area (Å²) in [5.41, 5.74) is 11.7. The van der Waals surface area contributed by atoms with E-state index in [2.05, 4.69) is 9.69 Å². The Kier molecular flexibility index (Phi) is 7.79. The van der Waals surface area contributed by atoms with Gasteiger partial charge in [-0.25, -0.2) is 4.39 Å². The molecule has 3 rings (SSSR count). The van der Waals surface area contributed by atoms with Crippen LogP contribution in [0.4, 0.5) is 10.1 Å². The first kappa shape index (κ1) is 23.6. The number of carbonyl (C=O) groups excluding carboxylic acids is 3. The third-order valence-electron chi connectivity index (χ3n) is 5.63. The third-order valence-corrected chi connectivity index (χ3v) is 6.48. The van der Waals surface area contributed by atoms with E-state index in [1.54, 1.807) is 12.1 Å². The van der Waals surface area contributed by atoms with Crippen molar-refractivity contribution in [2.75, 3.05) is 5.73 Å². The van der Waals surface area contributed by atoms with Crippen LogP contribution in [0.3, 0.4) is 0 Å². The molecule has 1 fully saturated rings. The first-order valence-electron chi connectivity index (χ1n) is 10.7. The van der Waals surface area contributed by atoms with Gasteiger partial charge in [0.1, 0.15) is 16.7 Å². The monoisotopic (exact) mass is 461 g/mol. The van der Waals surface area contributed by atoms with Crippen LogP contribution in [0.15, 0.2) is 24.3 Å². The lowest BCUT2D eigenvalue weighted by atomic mass is 10.1. The first-order valence-corrected chi connectivity index (χ1v) is 11.5. The minimum Gasteiger partial charge on any atom is -0.395 e. The van der Waals surface area contributed by atoms with Crippen LogP contribution in [0.5, 0.6) is 0 Å². The van der Waals surface area contributed by atoms with Crippen molar-refractivity contribution in [2.24, 2.45) is 5.73 Å². The molecule has 0 spiro atoms. The number of rotatable bonds is 9. The zero-order valence-corrected chi connectivity index (χ0v) is 18.8. The number of nitrogens with zero attached hydrogens (tertiary/aromatic N) is 2. The second kappa shape index (κ2) is 10.5. The van der Waals surface area contributed by atoms with Crippen LogP contribution >= 0.6 is 11.5 Å². The molecular formula is C22H28FN5O3S. The number of carbonyl (C=O) groups is 3. The van der Waals surface area contributed by atoms with Crippen molar-refractivity contribution >= 4 is 34.9 Å². The van der Waals surface area contributed by atoms with Gasteiger partial charge in [0.2, 0.25) is 5.91 Å². The number of amides is 3. The highest BCUT2D eigenvalue weighted by molar-refractivity contribution is 7.09. The van der Waals surface area contributed by atoms with Gasteiger partial charge in [0.15, 0.2) is 5.69 Å². The Bertz CT molecular complexity index is 972. The van der Waals surface area contributed by atoms with Gasteiger partial charge in [0.05, 0.1) is 5.69 Å². The molecule has 172 valence electrons. The fourth-order valence-corrected chi connectivity index (χ4v) is 4.70. The molecule has 0 unspecified atom stereocenters. The zero-order chi connectivity index (χ0) is 23.3. The van der Waals surface area contributed by atoms with Gasteiger partial charge in [-0.3, -0.25) is 14.4 Å². The summed E-state index contributed by atoms with van der Waals surface area (Å²) in [6.07, 6.45) is 5.07. The van der Waals surface area contributed by atoms with Crippen LogP contribution in [0.2, 0.25) is 0 Å². The second-order valence-electron chi connectivity index (χ2n) is 7.99. The molecule has 0 bridgehead atoms. The summed E-state index contributed by atoms with van der Waals surface area (Å²) in [6.45, 7) is 2.01. The van der Waals surface area contributed by atoms with Gasteiger partial charge >= 0.3 is 0 Å². The number of hydrogen-bond acceptors (Lipinski definition) is 6. The fourth-order valence-electron chi connectivity index (χ4n) is 3.94. The highest BCUT2D eigenvalue weighted by Crippen LogP contribution is 2.27. The number of nitrogens with one attached hydrogen (secondary N) is 1. The molecule has 1 aliphatic carbocycles. The van der Waals surface area contributed by atoms with E-state index in [9.17, 15) is 18.8 Å². The summed E-state index contributed by atoms with van der Waals surface area (Å²) in [5, 5.41) is 3.07. The Labute approximate surface area is 190 Å². The summed E-state index contributed by atoms with van der Waals surface area (Å²) in [7, 11) is 0. The molecule has 0 aliphatic heterocycles. The van der Waals surface area contributed by atoms with Gasteiger partial charge < -0.3 is 21.7 Å². The Balaban J connectivity index is 1.95. The Morgan fingerprint density at radius 3 is 2.47 bits per heavy atom. The smallest absolute Gasteiger partial charge is 0.270 e. The number of nitrogen functional groups attached to an aromatic ring is 1. The van der Waals surface area contributed by atoms with E-state index in [1.807, 2.05) is 6.92 Å². The lowest BCUT2D eigenvalue weighted by Gasteiger charge is -2.31. The van der Waals surface area contributed by atoms with Crippen LogP contribution in [0.1, 0.15) is 71.2 Å². The van der Waals surface area contributed by atoms with E-state index in [0.717, 1.165) is 37.2 Å². The molecule has 32 heavy (non-hydrogen) atoms. The fraction of sp³-hybridized carbons (Fsp3) is 0.455. The van der Waals surface area contributed by atoms with E-state index >= 15 is 0 Å². The molecule has 1 aromatic carbocycles. The van der Waals surface area contributed by atoms with Crippen LogP contribution < -0.4 is 16.8 Å². The highest BCUT2D eigenvalue weighted by Gasteiger charge is 2.34. The van der Waals surface area contributed by atoms with E-state index in [4.69, 9.17) is 11.5 Å². The molecule has 0 radical (unpaired) electrons. The molecule has 1 saturated carbocycles. The molecule has 5 N–H and O–H groups in total. The molecule has 1 atom stereocenters. The van der Waals surface area contributed by atoms with E-state index in [0.29, 0.717) is 18.4 Å². The summed E-state index contributed by atoms with van der Waals surface area (Å²) in [6, 6.07) is 5.09. The predicted octanol–water partition coefficient (Wildman–Crippen LogP) is 2.83. The minimum absolute atomic E-state index is 0.0516. The summed E-state index contributed by atoms with van der Waals surface area (Å²) in [5.74, 6) is -1.97. The number of hydrogen-bond donors (Lipinski definition) is 3. The maximum Gasteiger partial charge on any atom is 0.270 e. The highest BCUT2D eigenvalue weighted by atomic mass is 32.1. The van der Waals surface area contributed by atoms with E-state index in [1.165, 1.54) is 17.0 Å². The number of benzene rings is 1. The Morgan fingerprint density at radius 2 is 1.91 bits per heavy atom. The Hall–Kier alpha value is -3.01. The molecule has 8 nitrogen and oxygen atoms in total. The van der Waals surface area contributed by atoms with Crippen molar-refractivity contribution in [1.82, 2.24) is 14.6 Å². The molecule has 2 aromatic rings. The van der Waals surface area contributed by atoms with Crippen molar-refractivity contribution in [2.45, 2.75) is 64.1 Å². The lowest BCUT2D eigenvalue weighted by Crippen LogP contribution is -2.51. The third kappa shape index (κ3) is 5.42. The van der Waals surface area contributed by atoms with Crippen LogP contribution in [0.25, 0.3) is 0 Å². The summed E-state index contributed by atoms with van der Waals surface area (Å²) in [4.78, 5) is 39.8. The van der Waals surface area contributed by atoms with Crippen molar-refractivity contribution in [3.05, 3.63) is 46.2 Å². The normalized spacial score (nSPS) is 14.8. The SMILES string of the molecule is CCC[C@H](C(=O)NC1CCCC1)N(Cc1ccc(F)cc1)C(=O)c1snc(C(N)=O)c1N. The van der Waals surface area contributed by atoms with Gasteiger partial charge in [-0.15, -0.1) is 0 Å². The zero-order valence-electron chi connectivity index (χ0n) is 18.0. The van der Waals surface area contributed by atoms with E-state index in [-0.39, 0.29) is 34.8 Å². The van der Waals surface area contributed by atoms with Gasteiger partial charge in [0, 0.05) is 12.6 Å². The van der Waals surface area contributed by atoms with Crippen LogP contribution in [-0.4, -0.2) is 39.1 Å². The number of anilines is 1. The average molecular weight is 462 g/mol. The van der Waals surface area contributed by atoms with Gasteiger partial charge in [0.25, 0.3) is 11.8 Å². The number of nitrogens with two attached hydrogens (primary N) is 2. The minimum atomic E-state index is -0.827. The lowest BCUT2D eigenvalue weighted by molar-refractivity contribution is -0.126. The first-order chi connectivity index (χ1) is 15.3. The van der Waals surface area contributed by atoms with Crippen molar-refractivity contribution in [1.29, 1.82) is 0 Å². The molecule has 1 aromatic heterocycles. The molecular weight excluding hydrogens is 433 g/mol. The maximum atomic E-state index is 13.5. The van der Waals surface area contributed by atoms with Gasteiger partial charge in [-0.05, 0) is 48.5 Å².